The molecule has 0 aliphatic rings. The standard InChI is InChI=1S/C14H20N4O2S/c1-14(2,3)12(8-17-5-4-15-10-17)16-7-11-6-13(18(19)20)21-9-11/h4-6,9-10,12,16H,7-8H2,1-3H3. The summed E-state index contributed by atoms with van der Waals surface area (Å²) in [6, 6.07) is 1.87. The fourth-order valence-corrected chi connectivity index (χ4v) is 2.77. The zero-order chi connectivity index (χ0) is 15.5. The molecule has 7 heteroatoms. The number of aromatic nitrogens is 2. The summed E-state index contributed by atoms with van der Waals surface area (Å²) in [6.07, 6.45) is 5.51. The van der Waals surface area contributed by atoms with E-state index >= 15 is 0 Å². The van der Waals surface area contributed by atoms with Crippen LogP contribution in [-0.2, 0) is 13.1 Å². The molecule has 6 nitrogen and oxygen atoms in total. The minimum absolute atomic E-state index is 0.0756. The predicted octanol–water partition coefficient (Wildman–Crippen LogP) is 3.06. The average molecular weight is 308 g/mol. The van der Waals surface area contributed by atoms with Gasteiger partial charge in [-0.2, -0.15) is 0 Å². The van der Waals surface area contributed by atoms with Crippen molar-refractivity contribution in [1.82, 2.24) is 14.9 Å². The Labute approximate surface area is 128 Å². The summed E-state index contributed by atoms with van der Waals surface area (Å²) < 4.78 is 2.04. The van der Waals surface area contributed by atoms with Gasteiger partial charge in [0.15, 0.2) is 0 Å². The van der Waals surface area contributed by atoms with E-state index in [1.54, 1.807) is 18.6 Å². The van der Waals surface area contributed by atoms with E-state index in [1.807, 2.05) is 16.1 Å². The van der Waals surface area contributed by atoms with Crippen LogP contribution in [0.25, 0.3) is 0 Å². The Morgan fingerprint density at radius 2 is 2.29 bits per heavy atom. The second kappa shape index (κ2) is 6.36. The van der Waals surface area contributed by atoms with Gasteiger partial charge in [0.25, 0.3) is 0 Å². The number of nitrogens with one attached hydrogen (secondary N) is 1. The van der Waals surface area contributed by atoms with E-state index in [0.29, 0.717) is 6.54 Å². The molecule has 1 unspecified atom stereocenters. The topological polar surface area (TPSA) is 73.0 Å². The highest BCUT2D eigenvalue weighted by Gasteiger charge is 2.24. The third-order valence-electron chi connectivity index (χ3n) is 3.37. The van der Waals surface area contributed by atoms with Crippen LogP contribution in [0.4, 0.5) is 5.00 Å². The van der Waals surface area contributed by atoms with E-state index in [0.717, 1.165) is 12.1 Å². The molecule has 0 aliphatic heterocycles. The molecule has 0 fully saturated rings. The lowest BCUT2D eigenvalue weighted by Crippen LogP contribution is -2.42. The lowest BCUT2D eigenvalue weighted by molar-refractivity contribution is -0.380. The molecular weight excluding hydrogens is 288 g/mol. The molecule has 1 N–H and O–H groups in total. The van der Waals surface area contributed by atoms with Crippen LogP contribution in [-0.4, -0.2) is 20.5 Å². The smallest absolute Gasteiger partial charge is 0.324 e. The zero-order valence-electron chi connectivity index (χ0n) is 12.4. The van der Waals surface area contributed by atoms with Gasteiger partial charge in [0.2, 0.25) is 0 Å². The van der Waals surface area contributed by atoms with Crippen molar-refractivity contribution >= 4 is 16.3 Å². The van der Waals surface area contributed by atoms with E-state index < -0.39 is 0 Å². The molecule has 21 heavy (non-hydrogen) atoms. The minimum atomic E-state index is -0.346. The molecule has 2 aromatic rings. The highest BCUT2D eigenvalue weighted by molar-refractivity contribution is 7.13. The van der Waals surface area contributed by atoms with Gasteiger partial charge in [0.05, 0.1) is 11.3 Å². The predicted molar refractivity (Wildman–Crippen MR) is 83.3 cm³/mol. The summed E-state index contributed by atoms with van der Waals surface area (Å²) in [5.74, 6) is 0. The first-order valence-electron chi connectivity index (χ1n) is 6.77. The van der Waals surface area contributed by atoms with Crippen LogP contribution in [0.2, 0.25) is 0 Å². The van der Waals surface area contributed by atoms with Gasteiger partial charge >= 0.3 is 5.00 Å². The van der Waals surface area contributed by atoms with Crippen molar-refractivity contribution in [1.29, 1.82) is 0 Å². The SMILES string of the molecule is CC(C)(C)C(Cn1ccnc1)NCc1csc([N+](=O)[O-])c1. The lowest BCUT2D eigenvalue weighted by Gasteiger charge is -2.32. The van der Waals surface area contributed by atoms with Crippen LogP contribution in [0.1, 0.15) is 26.3 Å². The van der Waals surface area contributed by atoms with Gasteiger partial charge in [0.1, 0.15) is 0 Å². The Kier molecular flexibility index (Phi) is 4.74. The van der Waals surface area contributed by atoms with Crippen LogP contribution >= 0.6 is 11.3 Å². The number of rotatable bonds is 6. The number of hydrogen-bond acceptors (Lipinski definition) is 5. The van der Waals surface area contributed by atoms with Crippen molar-refractivity contribution in [3.05, 3.63) is 45.8 Å². The number of nitro groups is 1. The molecule has 114 valence electrons. The molecule has 0 radical (unpaired) electrons. The van der Waals surface area contributed by atoms with Crippen LogP contribution < -0.4 is 5.32 Å². The fourth-order valence-electron chi connectivity index (χ4n) is 2.04. The molecule has 2 aromatic heterocycles. The van der Waals surface area contributed by atoms with Gasteiger partial charge in [-0.1, -0.05) is 32.1 Å². The normalized spacial score (nSPS) is 13.3. The van der Waals surface area contributed by atoms with Crippen molar-refractivity contribution in [3.8, 4) is 0 Å². The molecule has 0 saturated heterocycles. The van der Waals surface area contributed by atoms with Crippen molar-refractivity contribution in [3.63, 3.8) is 0 Å². The average Bonchev–Trinajstić information content (AvgIpc) is 3.04. The Morgan fingerprint density at radius 3 is 2.81 bits per heavy atom. The van der Waals surface area contributed by atoms with Crippen molar-refractivity contribution in [2.24, 2.45) is 5.41 Å². The summed E-state index contributed by atoms with van der Waals surface area (Å²) >= 11 is 1.17. The Bertz CT molecular complexity index is 586. The summed E-state index contributed by atoms with van der Waals surface area (Å²) in [5.41, 5.74) is 1.03. The highest BCUT2D eigenvalue weighted by Crippen LogP contribution is 2.24. The van der Waals surface area contributed by atoms with Gasteiger partial charge in [-0.05, 0) is 11.0 Å². The molecule has 1 atom stereocenters. The Morgan fingerprint density at radius 1 is 1.52 bits per heavy atom. The van der Waals surface area contributed by atoms with Gasteiger partial charge in [-0.15, -0.1) is 0 Å². The third-order valence-corrected chi connectivity index (χ3v) is 4.30. The van der Waals surface area contributed by atoms with Crippen LogP contribution in [0, 0.1) is 15.5 Å². The van der Waals surface area contributed by atoms with Gasteiger partial charge in [-0.25, -0.2) is 4.98 Å². The van der Waals surface area contributed by atoms with E-state index in [9.17, 15) is 10.1 Å². The first kappa shape index (κ1) is 15.7. The maximum Gasteiger partial charge on any atom is 0.324 e. The maximum atomic E-state index is 10.7. The summed E-state index contributed by atoms with van der Waals surface area (Å²) in [4.78, 5) is 14.4. The number of nitrogens with zero attached hydrogens (tertiary/aromatic N) is 3. The molecule has 0 aliphatic carbocycles. The van der Waals surface area contributed by atoms with Crippen molar-refractivity contribution in [2.45, 2.75) is 39.9 Å². The summed E-state index contributed by atoms with van der Waals surface area (Å²) in [7, 11) is 0. The fraction of sp³-hybridized carbons (Fsp3) is 0.500. The van der Waals surface area contributed by atoms with E-state index in [2.05, 4.69) is 31.1 Å². The number of imidazole rings is 1. The first-order valence-corrected chi connectivity index (χ1v) is 7.65. The molecule has 0 saturated carbocycles. The molecule has 0 aromatic carbocycles. The van der Waals surface area contributed by atoms with Crippen molar-refractivity contribution < 1.29 is 4.92 Å². The van der Waals surface area contributed by atoms with Crippen LogP contribution in [0.15, 0.2) is 30.2 Å². The number of hydrogen-bond donors (Lipinski definition) is 1. The van der Waals surface area contributed by atoms with E-state index in [1.165, 1.54) is 11.3 Å². The molecule has 0 bridgehead atoms. The summed E-state index contributed by atoms with van der Waals surface area (Å²) in [6.45, 7) is 7.98. The maximum absolute atomic E-state index is 10.7. The second-order valence-corrected chi connectivity index (χ2v) is 7.00. The molecule has 2 rings (SSSR count). The van der Waals surface area contributed by atoms with Gasteiger partial charge < -0.3 is 9.88 Å². The summed E-state index contributed by atoms with van der Waals surface area (Å²) in [5, 5.41) is 16.2. The molecule has 0 amide bonds. The monoisotopic (exact) mass is 308 g/mol. The number of thiophene rings is 1. The molecule has 0 spiro atoms. The molecular formula is C14H20N4O2S. The van der Waals surface area contributed by atoms with E-state index in [4.69, 9.17) is 0 Å². The van der Waals surface area contributed by atoms with Crippen molar-refractivity contribution in [2.75, 3.05) is 0 Å². The minimum Gasteiger partial charge on any atom is -0.336 e. The zero-order valence-corrected chi connectivity index (χ0v) is 13.3. The molecule has 2 heterocycles. The highest BCUT2D eigenvalue weighted by atomic mass is 32.1. The van der Waals surface area contributed by atoms with E-state index in [-0.39, 0.29) is 21.4 Å². The Hall–Kier alpha value is -1.73. The quantitative estimate of drug-likeness (QED) is 0.657. The first-order chi connectivity index (χ1) is 9.86. The Balaban J connectivity index is 2.00. The largest absolute Gasteiger partial charge is 0.336 e. The lowest BCUT2D eigenvalue weighted by atomic mass is 9.86. The third kappa shape index (κ3) is 4.37. The van der Waals surface area contributed by atoms with Gasteiger partial charge in [-0.3, -0.25) is 10.1 Å². The second-order valence-electron chi connectivity index (χ2n) is 6.11. The van der Waals surface area contributed by atoms with Crippen LogP contribution in [0.3, 0.4) is 0 Å². The van der Waals surface area contributed by atoms with Gasteiger partial charge in [0, 0.05) is 43.0 Å². The van der Waals surface area contributed by atoms with Crippen LogP contribution in [0.5, 0.6) is 0 Å².